The first-order valence-electron chi connectivity index (χ1n) is 4.77. The fourth-order valence-electron chi connectivity index (χ4n) is 1.23. The van der Waals surface area contributed by atoms with Crippen molar-refractivity contribution >= 4 is 16.4 Å². The van der Waals surface area contributed by atoms with Crippen LogP contribution >= 0.6 is 0 Å². The van der Waals surface area contributed by atoms with Gasteiger partial charge in [0, 0.05) is 5.56 Å². The Kier molecular flexibility index (Phi) is 4.71. The van der Waals surface area contributed by atoms with Gasteiger partial charge in [-0.25, -0.2) is 8.42 Å². The molecule has 1 aromatic carbocycles. The molecule has 18 heavy (non-hydrogen) atoms. The summed E-state index contributed by atoms with van der Waals surface area (Å²) in [5, 5.41) is 2.87. The number of thiol groups is 1. The second kappa shape index (κ2) is 5.85. The molecule has 0 saturated carbocycles. The van der Waals surface area contributed by atoms with Gasteiger partial charge in [0.05, 0.1) is 0 Å². The molecule has 0 heterocycles. The Balaban J connectivity index is 3.11. The third kappa shape index (κ3) is 4.02. The van der Waals surface area contributed by atoms with Gasteiger partial charge >= 0.3 is 6.18 Å². The maximum Gasteiger partial charge on any atom is 0.437 e. The van der Waals surface area contributed by atoms with Crippen LogP contribution in [0.5, 0.6) is 0 Å². The fourth-order valence-corrected chi connectivity index (χ4v) is 1.38. The van der Waals surface area contributed by atoms with Crippen molar-refractivity contribution < 1.29 is 26.4 Å². The third-order valence-electron chi connectivity index (χ3n) is 1.99. The van der Waals surface area contributed by atoms with E-state index in [1.54, 1.807) is 6.07 Å². The van der Waals surface area contributed by atoms with Gasteiger partial charge < -0.3 is 4.84 Å². The molecule has 0 bridgehead atoms. The largest absolute Gasteiger partial charge is 0.437 e. The maximum absolute atomic E-state index is 12.7. The summed E-state index contributed by atoms with van der Waals surface area (Å²) in [5.41, 5.74) is -1.03. The molecule has 0 radical (unpaired) electrons. The van der Waals surface area contributed by atoms with E-state index in [1.807, 2.05) is 0 Å². The summed E-state index contributed by atoms with van der Waals surface area (Å²) in [6, 6.07) is 5.74. The molecule has 0 fully saturated rings. The summed E-state index contributed by atoms with van der Waals surface area (Å²) in [4.78, 5) is 4.16. The fraction of sp³-hybridized carbons (Fsp3) is 0.300. The van der Waals surface area contributed by atoms with Crippen molar-refractivity contribution in [2.24, 2.45) is 5.16 Å². The van der Waals surface area contributed by atoms with Crippen LogP contribution in [0.3, 0.4) is 0 Å². The molecule has 0 aromatic heterocycles. The van der Waals surface area contributed by atoms with Crippen LogP contribution in [0, 0.1) is 6.92 Å². The van der Waals surface area contributed by atoms with Crippen LogP contribution in [-0.4, -0.2) is 26.2 Å². The number of aryl methyl sites for hydroxylation is 1. The van der Waals surface area contributed by atoms with E-state index in [9.17, 15) is 21.6 Å². The minimum atomic E-state index is -4.72. The van der Waals surface area contributed by atoms with Gasteiger partial charge in [0.2, 0.25) is 5.94 Å². The number of hydrogen-bond donors (Lipinski definition) is 1. The van der Waals surface area contributed by atoms with Crippen LogP contribution in [0.25, 0.3) is 0 Å². The van der Waals surface area contributed by atoms with Gasteiger partial charge in [0.1, 0.15) is 0 Å². The summed E-state index contributed by atoms with van der Waals surface area (Å²) < 4.78 is 58.6. The first-order chi connectivity index (χ1) is 8.32. The zero-order valence-corrected chi connectivity index (χ0v) is 10.2. The smallest absolute Gasteiger partial charge is 0.379 e. The van der Waals surface area contributed by atoms with Crippen molar-refractivity contribution in [3.8, 4) is 0 Å². The van der Waals surface area contributed by atoms with Gasteiger partial charge in [-0.05, 0) is 12.5 Å². The van der Waals surface area contributed by atoms with E-state index in [0.29, 0.717) is 5.56 Å². The van der Waals surface area contributed by atoms with E-state index in [4.69, 9.17) is 0 Å². The molecule has 8 heteroatoms. The van der Waals surface area contributed by atoms with E-state index in [0.717, 1.165) is 0 Å². The number of oxime groups is 1. The molecule has 0 spiro atoms. The number of rotatable bonds is 4. The van der Waals surface area contributed by atoms with Gasteiger partial charge in [-0.2, -0.15) is 13.2 Å². The lowest BCUT2D eigenvalue weighted by Crippen LogP contribution is -2.25. The Morgan fingerprint density at radius 3 is 2.44 bits per heavy atom. The van der Waals surface area contributed by atoms with Gasteiger partial charge in [-0.15, -0.1) is 0 Å². The third-order valence-corrected chi connectivity index (χ3v) is 2.31. The molecule has 1 rings (SSSR count). The first kappa shape index (κ1) is 14.5. The number of halogens is 3. The predicted octanol–water partition coefficient (Wildman–Crippen LogP) is 1.85. The lowest BCUT2D eigenvalue weighted by molar-refractivity contribution is -0.0610. The zero-order chi connectivity index (χ0) is 13.8. The lowest BCUT2D eigenvalue weighted by Gasteiger charge is -2.11. The Morgan fingerprint density at radius 1 is 1.33 bits per heavy atom. The lowest BCUT2D eigenvalue weighted by atomic mass is 10.0. The van der Waals surface area contributed by atoms with Gasteiger partial charge in [-0.1, -0.05) is 29.4 Å². The van der Waals surface area contributed by atoms with E-state index >= 15 is 0 Å². The molecule has 0 N–H and O–H groups in total. The Hall–Kier alpha value is -1.57. The normalized spacial score (nSPS) is 12.8. The predicted molar refractivity (Wildman–Crippen MR) is 60.0 cm³/mol. The summed E-state index contributed by atoms with van der Waals surface area (Å²) in [7, 11) is -2.94. The molecule has 0 amide bonds. The molecular formula is C10H10F3NO3S. The SMILES string of the molecule is Cc1ccccc1C(=NOC[SH](=O)=O)C(F)(F)F. The van der Waals surface area contributed by atoms with Crippen molar-refractivity contribution in [3.63, 3.8) is 0 Å². The highest BCUT2D eigenvalue weighted by atomic mass is 32.2. The number of nitrogens with zero attached hydrogens (tertiary/aromatic N) is 1. The monoisotopic (exact) mass is 281 g/mol. The first-order valence-corrected chi connectivity index (χ1v) is 6.13. The molecule has 4 nitrogen and oxygen atoms in total. The topological polar surface area (TPSA) is 55.7 Å². The summed E-state index contributed by atoms with van der Waals surface area (Å²) >= 11 is 0. The van der Waals surface area contributed by atoms with Gasteiger partial charge in [0.25, 0.3) is 0 Å². The Bertz CT molecular complexity index is 515. The molecule has 0 aliphatic rings. The number of hydrogen-bond acceptors (Lipinski definition) is 4. The van der Waals surface area contributed by atoms with Gasteiger partial charge in [0.15, 0.2) is 16.4 Å². The molecule has 0 atom stereocenters. The van der Waals surface area contributed by atoms with Crippen molar-refractivity contribution in [3.05, 3.63) is 35.4 Å². The summed E-state index contributed by atoms with van der Waals surface area (Å²) in [6.45, 7) is 1.49. The van der Waals surface area contributed by atoms with Crippen molar-refractivity contribution in [1.29, 1.82) is 0 Å². The average Bonchev–Trinajstić information content (AvgIpc) is 2.24. The molecule has 100 valence electrons. The summed E-state index contributed by atoms with van der Waals surface area (Å²) in [6.07, 6.45) is -4.72. The molecule has 0 aliphatic carbocycles. The van der Waals surface area contributed by atoms with Crippen molar-refractivity contribution in [1.82, 2.24) is 0 Å². The van der Waals surface area contributed by atoms with Crippen LogP contribution in [0.1, 0.15) is 11.1 Å². The number of benzene rings is 1. The minimum absolute atomic E-state index is 0.147. The van der Waals surface area contributed by atoms with Crippen LogP contribution in [0.2, 0.25) is 0 Å². The highest BCUT2D eigenvalue weighted by molar-refractivity contribution is 7.72. The second-order valence-electron chi connectivity index (χ2n) is 3.34. The molecule has 0 saturated heterocycles. The van der Waals surface area contributed by atoms with Gasteiger partial charge in [-0.3, -0.25) is 0 Å². The zero-order valence-electron chi connectivity index (χ0n) is 9.27. The van der Waals surface area contributed by atoms with Crippen LogP contribution in [-0.2, 0) is 15.5 Å². The number of alkyl halides is 3. The van der Waals surface area contributed by atoms with E-state index in [1.165, 1.54) is 25.1 Å². The minimum Gasteiger partial charge on any atom is -0.379 e. The second-order valence-corrected chi connectivity index (χ2v) is 4.27. The van der Waals surface area contributed by atoms with Crippen LogP contribution < -0.4 is 0 Å². The Labute approximate surface area is 103 Å². The quantitative estimate of drug-likeness (QED) is 0.520. The van der Waals surface area contributed by atoms with Crippen LogP contribution in [0.15, 0.2) is 29.4 Å². The van der Waals surface area contributed by atoms with Crippen molar-refractivity contribution in [2.45, 2.75) is 13.1 Å². The van der Waals surface area contributed by atoms with Crippen molar-refractivity contribution in [2.75, 3.05) is 5.94 Å². The summed E-state index contributed by atoms with van der Waals surface area (Å²) in [5.74, 6) is -0.888. The standard InChI is InChI=1S/C10H10F3NO3S/c1-7-4-2-3-5-8(7)9(10(11,12)13)14-17-6-18(15)16/h2-5,18H,6H2,1H3. The van der Waals surface area contributed by atoms with E-state index in [2.05, 4.69) is 9.99 Å². The molecular weight excluding hydrogens is 271 g/mol. The molecule has 1 aromatic rings. The molecule has 0 aliphatic heterocycles. The van der Waals surface area contributed by atoms with Crippen LogP contribution in [0.4, 0.5) is 13.2 Å². The Morgan fingerprint density at radius 2 is 1.94 bits per heavy atom. The highest BCUT2D eigenvalue weighted by Gasteiger charge is 2.38. The maximum atomic E-state index is 12.7. The van der Waals surface area contributed by atoms with E-state index in [-0.39, 0.29) is 5.56 Å². The molecule has 0 unspecified atom stereocenters. The van der Waals surface area contributed by atoms with E-state index < -0.39 is 28.5 Å². The highest BCUT2D eigenvalue weighted by Crippen LogP contribution is 2.24. The average molecular weight is 281 g/mol.